The minimum Gasteiger partial charge on any atom is -0.379 e. The summed E-state index contributed by atoms with van der Waals surface area (Å²) in [5.74, 6) is 1.05. The highest BCUT2D eigenvalue weighted by Gasteiger charge is 2.24. The van der Waals surface area contributed by atoms with E-state index in [1.165, 1.54) is 12.1 Å². The molecule has 4 nitrogen and oxygen atoms in total. The molecular formula is C20H29ClN2O2. The Morgan fingerprint density at radius 1 is 1.08 bits per heavy atom. The lowest BCUT2D eigenvalue weighted by atomic mass is 9.95. The highest BCUT2D eigenvalue weighted by atomic mass is 35.5. The van der Waals surface area contributed by atoms with E-state index in [0.29, 0.717) is 12.3 Å². The SMILES string of the molecule is O=C(CCCc1ccc(Cl)cc1)N1CCC(CN2CCOCC2)CC1. The molecule has 0 bridgehead atoms. The van der Waals surface area contributed by atoms with Gasteiger partial charge in [-0.25, -0.2) is 0 Å². The number of amides is 1. The number of morpholine rings is 1. The maximum atomic E-state index is 12.4. The number of piperidine rings is 1. The molecule has 138 valence electrons. The van der Waals surface area contributed by atoms with Crippen LogP contribution in [0.25, 0.3) is 0 Å². The quantitative estimate of drug-likeness (QED) is 0.776. The third kappa shape index (κ3) is 5.98. The molecule has 5 heteroatoms. The summed E-state index contributed by atoms with van der Waals surface area (Å²) >= 11 is 5.90. The number of carbonyl (C=O) groups is 1. The van der Waals surface area contributed by atoms with E-state index in [9.17, 15) is 4.79 Å². The second kappa shape index (κ2) is 9.56. The number of benzene rings is 1. The van der Waals surface area contributed by atoms with Gasteiger partial charge in [-0.1, -0.05) is 23.7 Å². The van der Waals surface area contributed by atoms with Crippen molar-refractivity contribution in [2.24, 2.45) is 5.92 Å². The minimum absolute atomic E-state index is 0.318. The summed E-state index contributed by atoms with van der Waals surface area (Å²) < 4.78 is 5.41. The molecule has 0 aliphatic carbocycles. The fraction of sp³-hybridized carbons (Fsp3) is 0.650. The number of rotatable bonds is 6. The Labute approximate surface area is 156 Å². The van der Waals surface area contributed by atoms with Crippen LogP contribution in [-0.4, -0.2) is 61.6 Å². The Kier molecular flexibility index (Phi) is 7.14. The minimum atomic E-state index is 0.318. The van der Waals surface area contributed by atoms with Crippen LogP contribution >= 0.6 is 11.6 Å². The van der Waals surface area contributed by atoms with Crippen LogP contribution in [0.2, 0.25) is 5.02 Å². The molecule has 0 radical (unpaired) electrons. The standard InChI is InChI=1S/C20H29ClN2O2/c21-19-6-4-17(5-7-19)2-1-3-20(24)23-10-8-18(9-11-23)16-22-12-14-25-15-13-22/h4-7,18H,1-3,8-16H2. The Hall–Kier alpha value is -1.10. The highest BCUT2D eigenvalue weighted by molar-refractivity contribution is 6.30. The van der Waals surface area contributed by atoms with Crippen molar-refractivity contribution < 1.29 is 9.53 Å². The zero-order valence-corrected chi connectivity index (χ0v) is 15.7. The van der Waals surface area contributed by atoms with E-state index in [2.05, 4.69) is 9.80 Å². The average molecular weight is 365 g/mol. The monoisotopic (exact) mass is 364 g/mol. The molecule has 2 fully saturated rings. The van der Waals surface area contributed by atoms with E-state index in [1.807, 2.05) is 24.3 Å². The third-order valence-corrected chi connectivity index (χ3v) is 5.61. The zero-order chi connectivity index (χ0) is 17.5. The van der Waals surface area contributed by atoms with Crippen LogP contribution in [0.15, 0.2) is 24.3 Å². The smallest absolute Gasteiger partial charge is 0.222 e. The van der Waals surface area contributed by atoms with Crippen LogP contribution in [0.4, 0.5) is 0 Å². The van der Waals surface area contributed by atoms with E-state index < -0.39 is 0 Å². The lowest BCUT2D eigenvalue weighted by molar-refractivity contribution is -0.132. The summed E-state index contributed by atoms with van der Waals surface area (Å²) in [5.41, 5.74) is 1.25. The van der Waals surface area contributed by atoms with Crippen molar-refractivity contribution in [2.75, 3.05) is 45.9 Å². The molecular weight excluding hydrogens is 336 g/mol. The third-order valence-electron chi connectivity index (χ3n) is 5.36. The summed E-state index contributed by atoms with van der Waals surface area (Å²) in [6, 6.07) is 7.92. The predicted octanol–water partition coefficient (Wildman–Crippen LogP) is 3.23. The van der Waals surface area contributed by atoms with Gasteiger partial charge in [0.2, 0.25) is 5.91 Å². The Bertz CT molecular complexity index is 535. The average Bonchev–Trinajstić information content (AvgIpc) is 2.65. The van der Waals surface area contributed by atoms with Gasteiger partial charge >= 0.3 is 0 Å². The molecule has 0 aromatic heterocycles. The molecule has 1 aromatic carbocycles. The largest absolute Gasteiger partial charge is 0.379 e. The summed E-state index contributed by atoms with van der Waals surface area (Å²) in [6.07, 6.45) is 4.78. The lowest BCUT2D eigenvalue weighted by Gasteiger charge is -2.36. The number of halogens is 1. The van der Waals surface area contributed by atoms with Crippen LogP contribution in [-0.2, 0) is 16.0 Å². The molecule has 1 aromatic rings. The number of aryl methyl sites for hydroxylation is 1. The molecule has 2 heterocycles. The van der Waals surface area contributed by atoms with Gasteiger partial charge in [-0.3, -0.25) is 9.69 Å². The Morgan fingerprint density at radius 3 is 2.44 bits per heavy atom. The second-order valence-electron chi connectivity index (χ2n) is 7.22. The molecule has 1 amide bonds. The summed E-state index contributed by atoms with van der Waals surface area (Å²) in [7, 11) is 0. The molecule has 0 saturated carbocycles. The van der Waals surface area contributed by atoms with E-state index in [4.69, 9.17) is 16.3 Å². The van der Waals surface area contributed by atoms with Gasteiger partial charge in [0.25, 0.3) is 0 Å². The van der Waals surface area contributed by atoms with E-state index in [0.717, 1.165) is 76.0 Å². The van der Waals surface area contributed by atoms with E-state index in [-0.39, 0.29) is 0 Å². The summed E-state index contributed by atoms with van der Waals surface area (Å²) in [5, 5.41) is 0.764. The van der Waals surface area contributed by atoms with Crippen molar-refractivity contribution in [3.63, 3.8) is 0 Å². The van der Waals surface area contributed by atoms with Crippen molar-refractivity contribution in [3.8, 4) is 0 Å². The normalized spacial score (nSPS) is 20.0. The number of carbonyl (C=O) groups excluding carboxylic acids is 1. The van der Waals surface area contributed by atoms with Crippen molar-refractivity contribution >= 4 is 17.5 Å². The van der Waals surface area contributed by atoms with Gasteiger partial charge in [0.1, 0.15) is 0 Å². The van der Waals surface area contributed by atoms with Crippen LogP contribution in [0.5, 0.6) is 0 Å². The first-order valence-corrected chi connectivity index (χ1v) is 9.91. The van der Waals surface area contributed by atoms with Crippen molar-refractivity contribution in [1.82, 2.24) is 9.80 Å². The van der Waals surface area contributed by atoms with E-state index >= 15 is 0 Å². The van der Waals surface area contributed by atoms with Gasteiger partial charge in [-0.2, -0.15) is 0 Å². The Morgan fingerprint density at radius 2 is 1.76 bits per heavy atom. The van der Waals surface area contributed by atoms with Crippen molar-refractivity contribution in [3.05, 3.63) is 34.9 Å². The Balaban J connectivity index is 1.33. The first-order valence-electron chi connectivity index (χ1n) is 9.53. The van der Waals surface area contributed by atoms with Gasteiger partial charge in [0, 0.05) is 44.2 Å². The fourth-order valence-corrected chi connectivity index (χ4v) is 3.89. The number of nitrogens with zero attached hydrogens (tertiary/aromatic N) is 2. The van der Waals surface area contributed by atoms with Gasteiger partial charge in [-0.05, 0) is 49.3 Å². The topological polar surface area (TPSA) is 32.8 Å². The first kappa shape index (κ1) is 18.7. The second-order valence-corrected chi connectivity index (χ2v) is 7.65. The van der Waals surface area contributed by atoms with Gasteiger partial charge in [0.15, 0.2) is 0 Å². The molecule has 3 rings (SSSR count). The van der Waals surface area contributed by atoms with E-state index in [1.54, 1.807) is 0 Å². The highest BCUT2D eigenvalue weighted by Crippen LogP contribution is 2.20. The molecule has 2 aliphatic rings. The maximum absolute atomic E-state index is 12.4. The van der Waals surface area contributed by atoms with Crippen LogP contribution in [0, 0.1) is 5.92 Å². The van der Waals surface area contributed by atoms with Crippen LogP contribution in [0.1, 0.15) is 31.2 Å². The van der Waals surface area contributed by atoms with Crippen LogP contribution < -0.4 is 0 Å². The predicted molar refractivity (Wildman–Crippen MR) is 101 cm³/mol. The van der Waals surface area contributed by atoms with Crippen LogP contribution in [0.3, 0.4) is 0 Å². The molecule has 2 saturated heterocycles. The first-order chi connectivity index (χ1) is 12.2. The van der Waals surface area contributed by atoms with Crippen molar-refractivity contribution in [2.45, 2.75) is 32.1 Å². The van der Waals surface area contributed by atoms with Gasteiger partial charge in [-0.15, -0.1) is 0 Å². The number of hydrogen-bond donors (Lipinski definition) is 0. The summed E-state index contributed by atoms with van der Waals surface area (Å²) in [6.45, 7) is 6.87. The number of likely N-dealkylation sites (tertiary alicyclic amines) is 1. The fourth-order valence-electron chi connectivity index (χ4n) is 3.77. The molecule has 2 aliphatic heterocycles. The molecule has 0 atom stereocenters. The molecule has 0 N–H and O–H groups in total. The summed E-state index contributed by atoms with van der Waals surface area (Å²) in [4.78, 5) is 17.0. The number of hydrogen-bond acceptors (Lipinski definition) is 3. The molecule has 0 unspecified atom stereocenters. The zero-order valence-electron chi connectivity index (χ0n) is 15.0. The number of ether oxygens (including phenoxy) is 1. The molecule has 25 heavy (non-hydrogen) atoms. The van der Waals surface area contributed by atoms with Gasteiger partial charge < -0.3 is 9.64 Å². The maximum Gasteiger partial charge on any atom is 0.222 e. The molecule has 0 spiro atoms. The van der Waals surface area contributed by atoms with Crippen molar-refractivity contribution in [1.29, 1.82) is 0 Å². The van der Waals surface area contributed by atoms with Gasteiger partial charge in [0.05, 0.1) is 13.2 Å². The lowest BCUT2D eigenvalue weighted by Crippen LogP contribution is -2.44.